The first kappa shape index (κ1) is 14.5. The number of rotatable bonds is 3. The van der Waals surface area contributed by atoms with Crippen LogP contribution in [0.4, 0.5) is 0 Å². The van der Waals surface area contributed by atoms with Gasteiger partial charge in [-0.1, -0.05) is 42.5 Å². The zero-order valence-corrected chi connectivity index (χ0v) is 13.7. The number of aromatic amines is 1. The van der Waals surface area contributed by atoms with Crippen molar-refractivity contribution < 1.29 is 0 Å². The summed E-state index contributed by atoms with van der Waals surface area (Å²) in [5.74, 6) is 0. The average molecular weight is 338 g/mol. The van der Waals surface area contributed by atoms with Gasteiger partial charge < -0.3 is 4.98 Å². The van der Waals surface area contributed by atoms with E-state index in [1.807, 2.05) is 42.7 Å². The maximum atomic E-state index is 4.58. The molecule has 2 aromatic carbocycles. The van der Waals surface area contributed by atoms with Crippen molar-refractivity contribution in [3.05, 3.63) is 79.4 Å². The largest absolute Gasteiger partial charge is 0.346 e. The summed E-state index contributed by atoms with van der Waals surface area (Å²) < 4.78 is 1.63. The molecule has 0 saturated carbocycles. The van der Waals surface area contributed by atoms with Crippen LogP contribution in [-0.4, -0.2) is 30.2 Å². The molecule has 5 rings (SSSR count). The first-order valence-electron chi connectivity index (χ1n) is 8.25. The minimum atomic E-state index is 0.879. The maximum Gasteiger partial charge on any atom is 0.143 e. The van der Waals surface area contributed by atoms with E-state index in [0.717, 1.165) is 39.0 Å². The highest BCUT2D eigenvalue weighted by Crippen LogP contribution is 2.31. The van der Waals surface area contributed by atoms with E-state index in [-0.39, 0.29) is 0 Å². The molecule has 0 aliphatic carbocycles. The molecule has 5 aromatic rings. The van der Waals surface area contributed by atoms with Crippen LogP contribution in [0.1, 0.15) is 0 Å². The lowest BCUT2D eigenvalue weighted by molar-refractivity contribution is 0.789. The fourth-order valence-electron chi connectivity index (χ4n) is 3.10. The van der Waals surface area contributed by atoms with E-state index in [0.29, 0.717) is 0 Å². The number of H-pyrrole nitrogens is 1. The maximum absolute atomic E-state index is 4.58. The lowest BCUT2D eigenvalue weighted by Gasteiger charge is -2.04. The minimum Gasteiger partial charge on any atom is -0.346 e. The molecule has 1 N–H and O–H groups in total. The van der Waals surface area contributed by atoms with E-state index < -0.39 is 0 Å². The van der Waals surface area contributed by atoms with Gasteiger partial charge in [0.15, 0.2) is 0 Å². The first-order chi connectivity index (χ1) is 12.9. The Morgan fingerprint density at radius 2 is 1.69 bits per heavy atom. The Labute approximate surface area is 149 Å². The van der Waals surface area contributed by atoms with Gasteiger partial charge in [0.2, 0.25) is 0 Å². The third kappa shape index (κ3) is 2.44. The number of pyridine rings is 1. The molecule has 0 unspecified atom stereocenters. The first-order valence-corrected chi connectivity index (χ1v) is 8.25. The van der Waals surface area contributed by atoms with Gasteiger partial charge in [-0.05, 0) is 39.8 Å². The molecule has 124 valence electrons. The number of tetrazole rings is 1. The van der Waals surface area contributed by atoms with E-state index in [4.69, 9.17) is 0 Å². The van der Waals surface area contributed by atoms with E-state index in [2.05, 4.69) is 55.8 Å². The van der Waals surface area contributed by atoms with Gasteiger partial charge in [-0.25, -0.2) is 9.67 Å². The van der Waals surface area contributed by atoms with Crippen LogP contribution in [-0.2, 0) is 0 Å². The molecule has 3 aromatic heterocycles. The van der Waals surface area contributed by atoms with Crippen molar-refractivity contribution in [2.45, 2.75) is 0 Å². The third-order valence-corrected chi connectivity index (χ3v) is 4.43. The Morgan fingerprint density at radius 3 is 2.46 bits per heavy atom. The Balaban J connectivity index is 1.58. The summed E-state index contributed by atoms with van der Waals surface area (Å²) in [6.45, 7) is 0. The van der Waals surface area contributed by atoms with Crippen molar-refractivity contribution in [1.29, 1.82) is 0 Å². The van der Waals surface area contributed by atoms with Crippen LogP contribution >= 0.6 is 0 Å². The molecule has 0 bridgehead atoms. The van der Waals surface area contributed by atoms with Crippen LogP contribution in [0.25, 0.3) is 39.0 Å². The topological polar surface area (TPSA) is 72.3 Å². The van der Waals surface area contributed by atoms with Crippen LogP contribution < -0.4 is 0 Å². The van der Waals surface area contributed by atoms with Gasteiger partial charge in [0.25, 0.3) is 0 Å². The molecule has 0 amide bonds. The number of hydrogen-bond donors (Lipinski definition) is 1. The highest BCUT2D eigenvalue weighted by Gasteiger charge is 2.09. The molecule has 0 fully saturated rings. The lowest BCUT2D eigenvalue weighted by atomic mass is 10.0. The molecular formula is C20H14N6. The fourth-order valence-corrected chi connectivity index (χ4v) is 3.10. The normalized spacial score (nSPS) is 11.1. The highest BCUT2D eigenvalue weighted by atomic mass is 15.5. The zero-order chi connectivity index (χ0) is 17.3. The van der Waals surface area contributed by atoms with Gasteiger partial charge in [0.05, 0.1) is 5.69 Å². The van der Waals surface area contributed by atoms with E-state index in [1.54, 1.807) is 11.0 Å². The van der Waals surface area contributed by atoms with Gasteiger partial charge in [-0.3, -0.25) is 0 Å². The quantitative estimate of drug-likeness (QED) is 0.542. The number of aromatic nitrogens is 6. The molecule has 0 saturated heterocycles. The number of hydrogen-bond acceptors (Lipinski definition) is 4. The van der Waals surface area contributed by atoms with Crippen LogP contribution in [0.15, 0.2) is 79.4 Å². The summed E-state index contributed by atoms with van der Waals surface area (Å²) in [5.41, 5.74) is 6.28. The van der Waals surface area contributed by atoms with Crippen molar-refractivity contribution in [1.82, 2.24) is 30.2 Å². The number of nitrogens with zero attached hydrogens (tertiary/aromatic N) is 5. The molecule has 0 aliphatic rings. The summed E-state index contributed by atoms with van der Waals surface area (Å²) in [7, 11) is 0. The fraction of sp³-hybridized carbons (Fsp3) is 0. The SMILES string of the molecule is c1ccc(-c2cnc3[nH]cc(-c4ccc(-n5cnnn5)cc4)c3c2)cc1. The molecule has 6 nitrogen and oxygen atoms in total. The van der Waals surface area contributed by atoms with Crippen LogP contribution in [0.5, 0.6) is 0 Å². The Kier molecular flexibility index (Phi) is 3.31. The second-order valence-electron chi connectivity index (χ2n) is 5.99. The number of nitrogens with one attached hydrogen (secondary N) is 1. The molecule has 3 heterocycles. The van der Waals surface area contributed by atoms with Crippen molar-refractivity contribution in [3.63, 3.8) is 0 Å². The molecule has 26 heavy (non-hydrogen) atoms. The molecule has 6 heteroatoms. The summed E-state index contributed by atoms with van der Waals surface area (Å²) in [6, 6.07) is 20.6. The van der Waals surface area contributed by atoms with E-state index >= 15 is 0 Å². The minimum absolute atomic E-state index is 0.879. The predicted octanol–water partition coefficient (Wildman–Crippen LogP) is 3.87. The van der Waals surface area contributed by atoms with Crippen molar-refractivity contribution in [3.8, 4) is 27.9 Å². The highest BCUT2D eigenvalue weighted by molar-refractivity contribution is 5.95. The second-order valence-corrected chi connectivity index (χ2v) is 5.99. The van der Waals surface area contributed by atoms with Crippen LogP contribution in [0.3, 0.4) is 0 Å². The summed E-state index contributed by atoms with van der Waals surface area (Å²) in [6.07, 6.45) is 5.48. The van der Waals surface area contributed by atoms with Crippen molar-refractivity contribution in [2.75, 3.05) is 0 Å². The molecular weight excluding hydrogens is 324 g/mol. The van der Waals surface area contributed by atoms with E-state index in [1.165, 1.54) is 0 Å². The Morgan fingerprint density at radius 1 is 0.846 bits per heavy atom. The van der Waals surface area contributed by atoms with Crippen LogP contribution in [0.2, 0.25) is 0 Å². The number of fused-ring (bicyclic) bond motifs is 1. The monoisotopic (exact) mass is 338 g/mol. The lowest BCUT2D eigenvalue weighted by Crippen LogP contribution is -1.94. The standard InChI is InChI=1S/C20H14N6/c1-2-4-14(5-3-1)16-10-18-19(12-22-20(18)21-11-16)15-6-8-17(9-7-15)26-13-23-24-25-26/h1-13H,(H,21,22). The Hall–Kier alpha value is -3.80. The Bertz CT molecular complexity index is 1160. The molecule has 0 spiro atoms. The van der Waals surface area contributed by atoms with Crippen molar-refractivity contribution in [2.24, 2.45) is 0 Å². The second kappa shape index (κ2) is 5.93. The van der Waals surface area contributed by atoms with Crippen LogP contribution in [0, 0.1) is 0 Å². The van der Waals surface area contributed by atoms with Gasteiger partial charge >= 0.3 is 0 Å². The molecule has 0 aliphatic heterocycles. The summed E-state index contributed by atoms with van der Waals surface area (Å²) in [4.78, 5) is 7.83. The average Bonchev–Trinajstić information content (AvgIpc) is 3.38. The summed E-state index contributed by atoms with van der Waals surface area (Å²) >= 11 is 0. The third-order valence-electron chi connectivity index (χ3n) is 4.43. The van der Waals surface area contributed by atoms with Gasteiger partial charge in [-0.15, -0.1) is 5.10 Å². The smallest absolute Gasteiger partial charge is 0.143 e. The van der Waals surface area contributed by atoms with Gasteiger partial charge in [0, 0.05) is 28.9 Å². The van der Waals surface area contributed by atoms with Crippen molar-refractivity contribution >= 4 is 11.0 Å². The molecule has 0 atom stereocenters. The van der Waals surface area contributed by atoms with Gasteiger partial charge in [-0.2, -0.15) is 0 Å². The zero-order valence-electron chi connectivity index (χ0n) is 13.7. The molecule has 0 radical (unpaired) electrons. The summed E-state index contributed by atoms with van der Waals surface area (Å²) in [5, 5.41) is 12.4. The predicted molar refractivity (Wildman–Crippen MR) is 99.7 cm³/mol. The number of benzene rings is 2. The van der Waals surface area contributed by atoms with E-state index in [9.17, 15) is 0 Å². The van der Waals surface area contributed by atoms with Gasteiger partial charge in [0.1, 0.15) is 12.0 Å².